The van der Waals surface area contributed by atoms with Gasteiger partial charge in [-0.25, -0.2) is 4.98 Å². The minimum absolute atomic E-state index is 0.276. The molecule has 2 amide bonds. The summed E-state index contributed by atoms with van der Waals surface area (Å²) in [6.07, 6.45) is 2.70. The molecule has 1 aliphatic heterocycles. The zero-order valence-corrected chi connectivity index (χ0v) is 16.1. The molecule has 0 fully saturated rings. The Morgan fingerprint density at radius 2 is 1.89 bits per heavy atom. The van der Waals surface area contributed by atoms with E-state index in [4.69, 9.17) is 4.74 Å². The number of hydrogen-bond donors (Lipinski definition) is 2. The Kier molecular flexibility index (Phi) is 5.91. The fourth-order valence-electron chi connectivity index (χ4n) is 3.48. The van der Waals surface area contributed by atoms with Gasteiger partial charge in [-0.3, -0.25) is 9.59 Å². The van der Waals surface area contributed by atoms with Gasteiger partial charge in [0.15, 0.2) is 11.5 Å². The fourth-order valence-corrected chi connectivity index (χ4v) is 3.48. The van der Waals surface area contributed by atoms with Crippen LogP contribution in [0.3, 0.4) is 0 Å². The van der Waals surface area contributed by atoms with Crippen LogP contribution in [-0.4, -0.2) is 41.6 Å². The van der Waals surface area contributed by atoms with Crippen molar-refractivity contribution in [2.45, 2.75) is 39.7 Å². The van der Waals surface area contributed by atoms with Gasteiger partial charge in [-0.1, -0.05) is 6.07 Å². The number of aromatic nitrogens is 2. The van der Waals surface area contributed by atoms with E-state index in [2.05, 4.69) is 21.7 Å². The fraction of sp³-hybridized carbons (Fsp3) is 0.450. The molecular weight excluding hydrogens is 344 g/mol. The normalized spacial score (nSPS) is 13.1. The number of carbonyl (C=O) groups is 2. The molecule has 0 unspecified atom stereocenters. The second kappa shape index (κ2) is 8.35. The summed E-state index contributed by atoms with van der Waals surface area (Å²) in [4.78, 5) is 29.8. The molecule has 27 heavy (non-hydrogen) atoms. The number of nitrogens with zero attached hydrogens (tertiary/aromatic N) is 2. The lowest BCUT2D eigenvalue weighted by Gasteiger charge is -2.17. The molecule has 2 heterocycles. The van der Waals surface area contributed by atoms with Crippen LogP contribution in [0.5, 0.6) is 0 Å². The maximum Gasteiger partial charge on any atom is 0.287 e. The first-order chi connectivity index (χ1) is 13.0. The van der Waals surface area contributed by atoms with Crippen LogP contribution in [0.1, 0.15) is 50.8 Å². The number of ether oxygens (including phenoxy) is 1. The Hall–Kier alpha value is -2.67. The number of anilines is 1. The molecule has 1 aromatic carbocycles. The number of fused-ring (bicyclic) bond motifs is 1. The van der Waals surface area contributed by atoms with Crippen molar-refractivity contribution in [1.82, 2.24) is 14.9 Å². The number of aryl methyl sites for hydroxylation is 2. The molecule has 7 heteroatoms. The molecular formula is C20H26N4O3. The van der Waals surface area contributed by atoms with Gasteiger partial charge in [0.2, 0.25) is 0 Å². The van der Waals surface area contributed by atoms with Crippen LogP contribution in [-0.2, 0) is 17.7 Å². The highest BCUT2D eigenvalue weighted by molar-refractivity contribution is 6.05. The summed E-state index contributed by atoms with van der Waals surface area (Å²) in [6, 6.07) is 5.90. The zero-order chi connectivity index (χ0) is 19.4. The minimum atomic E-state index is -0.277. The molecule has 3 rings (SSSR count). The predicted molar refractivity (Wildman–Crippen MR) is 103 cm³/mol. The third kappa shape index (κ3) is 4.36. The Bertz CT molecular complexity index is 837. The van der Waals surface area contributed by atoms with Crippen LogP contribution in [0, 0.1) is 13.8 Å². The average molecular weight is 370 g/mol. The molecule has 144 valence electrons. The van der Waals surface area contributed by atoms with Crippen LogP contribution < -0.4 is 10.6 Å². The van der Waals surface area contributed by atoms with Crippen molar-refractivity contribution >= 4 is 17.5 Å². The summed E-state index contributed by atoms with van der Waals surface area (Å²) < 4.78 is 6.84. The van der Waals surface area contributed by atoms with E-state index >= 15 is 0 Å². The Morgan fingerprint density at radius 3 is 2.59 bits per heavy atom. The highest BCUT2D eigenvalue weighted by atomic mass is 16.5. The van der Waals surface area contributed by atoms with E-state index in [0.717, 1.165) is 41.8 Å². The first-order valence-corrected chi connectivity index (χ1v) is 9.25. The lowest BCUT2D eigenvalue weighted by atomic mass is 10.1. The molecule has 0 spiro atoms. The van der Waals surface area contributed by atoms with E-state index in [9.17, 15) is 9.59 Å². The highest BCUT2D eigenvalue weighted by Crippen LogP contribution is 2.23. The number of imidazole rings is 1. The minimum Gasteiger partial charge on any atom is -0.383 e. The van der Waals surface area contributed by atoms with Gasteiger partial charge in [0.25, 0.3) is 11.8 Å². The van der Waals surface area contributed by atoms with E-state index in [0.29, 0.717) is 31.2 Å². The molecule has 0 aliphatic carbocycles. The first kappa shape index (κ1) is 19.1. The van der Waals surface area contributed by atoms with E-state index in [1.54, 1.807) is 7.11 Å². The molecule has 0 radical (unpaired) electrons. The standard InChI is InChI=1S/C20H26N4O3/c1-13-10-14(2)12-15(11-13)22-19(25)17-16-6-4-5-8-24(16)18(23-17)20(26)21-7-9-27-3/h10-12H,4-9H2,1-3H3,(H,21,26)(H,22,25). The van der Waals surface area contributed by atoms with Crippen LogP contribution in [0.2, 0.25) is 0 Å². The lowest BCUT2D eigenvalue weighted by molar-refractivity contribution is 0.0921. The Balaban J connectivity index is 1.86. The average Bonchev–Trinajstić information content (AvgIpc) is 3.01. The van der Waals surface area contributed by atoms with E-state index in [1.165, 1.54) is 0 Å². The van der Waals surface area contributed by atoms with E-state index < -0.39 is 0 Å². The molecule has 2 N–H and O–H groups in total. The Morgan fingerprint density at radius 1 is 1.15 bits per heavy atom. The predicted octanol–water partition coefficient (Wildman–Crippen LogP) is 2.46. The van der Waals surface area contributed by atoms with Gasteiger partial charge in [0.1, 0.15) is 0 Å². The van der Waals surface area contributed by atoms with E-state index in [1.807, 2.05) is 30.5 Å². The molecule has 1 aliphatic rings. The highest BCUT2D eigenvalue weighted by Gasteiger charge is 2.27. The third-order valence-electron chi connectivity index (χ3n) is 4.61. The molecule has 0 saturated heterocycles. The van der Waals surface area contributed by atoms with Crippen LogP contribution >= 0.6 is 0 Å². The number of amides is 2. The smallest absolute Gasteiger partial charge is 0.287 e. The van der Waals surface area contributed by atoms with Gasteiger partial charge in [0.05, 0.1) is 12.3 Å². The van der Waals surface area contributed by atoms with Gasteiger partial charge >= 0.3 is 0 Å². The number of rotatable bonds is 6. The van der Waals surface area contributed by atoms with Crippen molar-refractivity contribution in [2.24, 2.45) is 0 Å². The quantitative estimate of drug-likeness (QED) is 0.765. The number of nitrogens with one attached hydrogen (secondary N) is 2. The molecule has 1 aromatic heterocycles. The van der Waals surface area contributed by atoms with Gasteiger partial charge < -0.3 is 19.9 Å². The topological polar surface area (TPSA) is 85.2 Å². The SMILES string of the molecule is COCCNC(=O)c1nc(C(=O)Nc2cc(C)cc(C)c2)c2n1CCCC2. The summed E-state index contributed by atoms with van der Waals surface area (Å²) in [5.41, 5.74) is 4.07. The molecule has 0 atom stereocenters. The van der Waals surface area contributed by atoms with Crippen molar-refractivity contribution < 1.29 is 14.3 Å². The van der Waals surface area contributed by atoms with Crippen LogP contribution in [0.25, 0.3) is 0 Å². The monoisotopic (exact) mass is 370 g/mol. The maximum absolute atomic E-state index is 12.9. The largest absolute Gasteiger partial charge is 0.383 e. The van der Waals surface area contributed by atoms with Crippen molar-refractivity contribution in [3.8, 4) is 0 Å². The number of benzene rings is 1. The van der Waals surface area contributed by atoms with E-state index in [-0.39, 0.29) is 11.8 Å². The van der Waals surface area contributed by atoms with Gasteiger partial charge in [-0.05, 0) is 56.4 Å². The molecule has 2 aromatic rings. The number of methoxy groups -OCH3 is 1. The molecule has 0 bridgehead atoms. The van der Waals surface area contributed by atoms with Crippen molar-refractivity contribution in [1.29, 1.82) is 0 Å². The van der Waals surface area contributed by atoms with Gasteiger partial charge in [-0.2, -0.15) is 0 Å². The zero-order valence-electron chi connectivity index (χ0n) is 16.1. The Labute approximate surface area is 159 Å². The second-order valence-corrected chi connectivity index (χ2v) is 6.92. The number of hydrogen-bond acceptors (Lipinski definition) is 4. The van der Waals surface area contributed by atoms with Gasteiger partial charge in [-0.15, -0.1) is 0 Å². The van der Waals surface area contributed by atoms with Crippen molar-refractivity contribution in [2.75, 3.05) is 25.6 Å². The number of carbonyl (C=O) groups excluding carboxylic acids is 2. The van der Waals surface area contributed by atoms with Crippen LogP contribution in [0.15, 0.2) is 18.2 Å². The summed E-state index contributed by atoms with van der Waals surface area (Å²) in [6.45, 7) is 5.51. The van der Waals surface area contributed by atoms with Gasteiger partial charge in [0, 0.05) is 25.9 Å². The molecule has 0 saturated carbocycles. The summed E-state index contributed by atoms with van der Waals surface area (Å²) >= 11 is 0. The van der Waals surface area contributed by atoms with Crippen molar-refractivity contribution in [3.63, 3.8) is 0 Å². The third-order valence-corrected chi connectivity index (χ3v) is 4.61. The first-order valence-electron chi connectivity index (χ1n) is 9.25. The second-order valence-electron chi connectivity index (χ2n) is 6.92. The van der Waals surface area contributed by atoms with Crippen LogP contribution in [0.4, 0.5) is 5.69 Å². The lowest BCUT2D eigenvalue weighted by Crippen LogP contribution is -2.30. The van der Waals surface area contributed by atoms with Crippen molar-refractivity contribution in [3.05, 3.63) is 46.5 Å². The molecule has 7 nitrogen and oxygen atoms in total. The summed E-state index contributed by atoms with van der Waals surface area (Å²) in [5, 5.41) is 5.72. The summed E-state index contributed by atoms with van der Waals surface area (Å²) in [7, 11) is 1.58. The summed E-state index contributed by atoms with van der Waals surface area (Å²) in [5.74, 6) is -0.256. The maximum atomic E-state index is 12.9.